The van der Waals surface area contributed by atoms with Gasteiger partial charge < -0.3 is 4.74 Å². The summed E-state index contributed by atoms with van der Waals surface area (Å²) >= 11 is 0. The van der Waals surface area contributed by atoms with E-state index in [1.807, 2.05) is 12.1 Å². The molecule has 78 valence electrons. The summed E-state index contributed by atoms with van der Waals surface area (Å²) in [4.78, 5) is 0. The third-order valence-electron chi connectivity index (χ3n) is 2.81. The molecule has 0 saturated carbocycles. The molecule has 0 aromatic heterocycles. The predicted molar refractivity (Wildman–Crippen MR) is 47.1 cm³/mol. The molecule has 1 aromatic carbocycles. The molecule has 2 heterocycles. The van der Waals surface area contributed by atoms with Crippen molar-refractivity contribution in [1.29, 1.82) is 0 Å². The lowest BCUT2D eigenvalue weighted by Crippen LogP contribution is -2.17. The number of hydrogen-bond acceptors (Lipinski definition) is 1. The zero-order valence-electron chi connectivity index (χ0n) is 7.58. The number of benzene rings is 1. The van der Waals surface area contributed by atoms with Gasteiger partial charge in [0.15, 0.2) is 0 Å². The molecule has 0 N–H and O–H groups in total. The highest BCUT2D eigenvalue weighted by atomic mass is 19.4. The molecule has 1 aromatic rings. The Hall–Kier alpha value is -1.29. The molecule has 2 aliphatic rings. The zero-order valence-corrected chi connectivity index (χ0v) is 7.58. The Morgan fingerprint density at radius 1 is 1.07 bits per heavy atom. The maximum absolute atomic E-state index is 12.6. The van der Waals surface area contributed by atoms with E-state index in [1.165, 1.54) is 6.08 Å². The van der Waals surface area contributed by atoms with Crippen LogP contribution in [0.4, 0.5) is 13.2 Å². The van der Waals surface area contributed by atoms with E-state index < -0.39 is 24.0 Å². The molecule has 2 atom stereocenters. The Labute approximate surface area is 84.2 Å². The SMILES string of the molecule is FC(F)(F)C1=CC2OC1c1ccccc12. The van der Waals surface area contributed by atoms with Crippen LogP contribution in [0.15, 0.2) is 35.9 Å². The molecule has 2 bridgehead atoms. The van der Waals surface area contributed by atoms with Gasteiger partial charge in [-0.25, -0.2) is 0 Å². The third kappa shape index (κ3) is 1.14. The van der Waals surface area contributed by atoms with Crippen LogP contribution in [0.1, 0.15) is 23.3 Å². The fourth-order valence-electron chi connectivity index (χ4n) is 2.17. The van der Waals surface area contributed by atoms with Crippen molar-refractivity contribution >= 4 is 0 Å². The van der Waals surface area contributed by atoms with E-state index in [9.17, 15) is 13.2 Å². The average molecular weight is 212 g/mol. The number of halogens is 3. The van der Waals surface area contributed by atoms with Gasteiger partial charge in [-0.3, -0.25) is 0 Å². The van der Waals surface area contributed by atoms with Gasteiger partial charge in [0.25, 0.3) is 0 Å². The minimum absolute atomic E-state index is 0.511. The monoisotopic (exact) mass is 212 g/mol. The fourth-order valence-corrected chi connectivity index (χ4v) is 2.17. The molecule has 0 saturated heterocycles. The molecule has 0 spiro atoms. The molecule has 4 heteroatoms. The molecule has 2 unspecified atom stereocenters. The van der Waals surface area contributed by atoms with Gasteiger partial charge in [0, 0.05) is 0 Å². The molecule has 0 aliphatic carbocycles. The van der Waals surface area contributed by atoms with Crippen LogP contribution in [-0.2, 0) is 4.74 Å². The van der Waals surface area contributed by atoms with Gasteiger partial charge in [-0.2, -0.15) is 13.2 Å². The topological polar surface area (TPSA) is 9.23 Å². The minimum Gasteiger partial charge on any atom is -0.357 e. The molecule has 0 radical (unpaired) electrons. The molecule has 15 heavy (non-hydrogen) atoms. The summed E-state index contributed by atoms with van der Waals surface area (Å²) in [5, 5.41) is 0. The van der Waals surface area contributed by atoms with Crippen molar-refractivity contribution in [2.45, 2.75) is 18.4 Å². The summed E-state index contributed by atoms with van der Waals surface area (Å²) in [6, 6.07) is 7.04. The van der Waals surface area contributed by atoms with Crippen molar-refractivity contribution in [3.8, 4) is 0 Å². The highest BCUT2D eigenvalue weighted by Crippen LogP contribution is 2.53. The maximum Gasteiger partial charge on any atom is 0.415 e. The van der Waals surface area contributed by atoms with Gasteiger partial charge in [-0.15, -0.1) is 0 Å². The van der Waals surface area contributed by atoms with Crippen LogP contribution in [0.5, 0.6) is 0 Å². The standard InChI is InChI=1S/C11H7F3O/c12-11(13,14)8-5-9-6-3-1-2-4-7(6)10(8)15-9/h1-5,9-10H. The molecule has 1 nitrogen and oxygen atoms in total. The van der Waals surface area contributed by atoms with Crippen LogP contribution in [0.2, 0.25) is 0 Å². The van der Waals surface area contributed by atoms with Gasteiger partial charge in [0.1, 0.15) is 12.2 Å². The summed E-state index contributed by atoms with van der Waals surface area (Å²) < 4.78 is 43.0. The van der Waals surface area contributed by atoms with Gasteiger partial charge >= 0.3 is 6.18 Å². The Morgan fingerprint density at radius 3 is 2.40 bits per heavy atom. The zero-order chi connectivity index (χ0) is 10.6. The first-order valence-corrected chi connectivity index (χ1v) is 4.60. The quantitative estimate of drug-likeness (QED) is 0.599. The van der Waals surface area contributed by atoms with Crippen molar-refractivity contribution in [3.05, 3.63) is 47.0 Å². The largest absolute Gasteiger partial charge is 0.415 e. The summed E-state index contributed by atoms with van der Waals surface area (Å²) in [7, 11) is 0. The van der Waals surface area contributed by atoms with Crippen LogP contribution < -0.4 is 0 Å². The van der Waals surface area contributed by atoms with Gasteiger partial charge in [-0.1, -0.05) is 24.3 Å². The minimum atomic E-state index is -4.28. The van der Waals surface area contributed by atoms with Crippen molar-refractivity contribution in [1.82, 2.24) is 0 Å². The van der Waals surface area contributed by atoms with Gasteiger partial charge in [0.2, 0.25) is 0 Å². The first-order valence-electron chi connectivity index (χ1n) is 4.60. The molecular formula is C11H7F3O. The highest BCUT2D eigenvalue weighted by molar-refractivity contribution is 5.47. The summed E-state index contributed by atoms with van der Waals surface area (Å²) in [5.41, 5.74) is 0.944. The average Bonchev–Trinajstić information content (AvgIpc) is 2.74. The lowest BCUT2D eigenvalue weighted by atomic mass is 9.91. The summed E-state index contributed by atoms with van der Waals surface area (Å²) in [5.74, 6) is 0. The first-order chi connectivity index (χ1) is 7.07. The van der Waals surface area contributed by atoms with E-state index in [-0.39, 0.29) is 0 Å². The van der Waals surface area contributed by atoms with Gasteiger partial charge in [-0.05, 0) is 17.2 Å². The van der Waals surface area contributed by atoms with Crippen LogP contribution in [0.25, 0.3) is 0 Å². The van der Waals surface area contributed by atoms with E-state index in [0.29, 0.717) is 5.56 Å². The Morgan fingerprint density at radius 2 is 1.73 bits per heavy atom. The van der Waals surface area contributed by atoms with E-state index in [1.54, 1.807) is 12.1 Å². The van der Waals surface area contributed by atoms with Crippen molar-refractivity contribution in [3.63, 3.8) is 0 Å². The molecule has 0 fully saturated rings. The van der Waals surface area contributed by atoms with Crippen LogP contribution in [0, 0.1) is 0 Å². The Kier molecular flexibility index (Phi) is 1.58. The van der Waals surface area contributed by atoms with Crippen LogP contribution in [0.3, 0.4) is 0 Å². The highest BCUT2D eigenvalue weighted by Gasteiger charge is 2.49. The summed E-state index contributed by atoms with van der Waals surface area (Å²) in [6.45, 7) is 0. The number of fused-ring (bicyclic) bond motifs is 5. The number of rotatable bonds is 0. The van der Waals surface area contributed by atoms with Crippen LogP contribution in [-0.4, -0.2) is 6.18 Å². The molecule has 3 rings (SSSR count). The lowest BCUT2D eigenvalue weighted by Gasteiger charge is -2.16. The van der Waals surface area contributed by atoms with Crippen molar-refractivity contribution in [2.24, 2.45) is 0 Å². The van der Waals surface area contributed by atoms with Gasteiger partial charge in [0.05, 0.1) is 5.57 Å². The van der Waals surface area contributed by atoms with E-state index in [2.05, 4.69) is 0 Å². The number of alkyl halides is 3. The van der Waals surface area contributed by atoms with E-state index in [4.69, 9.17) is 4.74 Å². The van der Waals surface area contributed by atoms with E-state index >= 15 is 0 Å². The fraction of sp³-hybridized carbons (Fsp3) is 0.273. The van der Waals surface area contributed by atoms with Crippen molar-refractivity contribution < 1.29 is 17.9 Å². The third-order valence-corrected chi connectivity index (χ3v) is 2.81. The second kappa shape index (κ2) is 2.64. The van der Waals surface area contributed by atoms with Crippen LogP contribution >= 0.6 is 0 Å². The Bertz CT molecular complexity index is 447. The number of hydrogen-bond donors (Lipinski definition) is 0. The lowest BCUT2D eigenvalue weighted by molar-refractivity contribution is -0.104. The first kappa shape index (κ1) is 8.97. The number of ether oxygens (including phenoxy) is 1. The molecule has 0 amide bonds. The predicted octanol–water partition coefficient (Wildman–Crippen LogP) is 3.30. The Balaban J connectivity index is 2.09. The second-order valence-corrected chi connectivity index (χ2v) is 3.69. The second-order valence-electron chi connectivity index (χ2n) is 3.69. The maximum atomic E-state index is 12.6. The molecular weight excluding hydrogens is 205 g/mol. The smallest absolute Gasteiger partial charge is 0.357 e. The normalized spacial score (nSPS) is 27.8. The summed E-state index contributed by atoms with van der Waals surface area (Å²) in [6.07, 6.45) is -4.53. The van der Waals surface area contributed by atoms with E-state index in [0.717, 1.165) is 5.56 Å². The molecule has 2 aliphatic heterocycles. The van der Waals surface area contributed by atoms with Crippen molar-refractivity contribution in [2.75, 3.05) is 0 Å².